The first-order chi connectivity index (χ1) is 65.4. The molecule has 14 nitrogen and oxygen atoms in total. The number of aromatic hydroxyl groups is 4. The van der Waals surface area contributed by atoms with Gasteiger partial charge in [0.15, 0.2) is 0 Å². The van der Waals surface area contributed by atoms with Gasteiger partial charge in [-0.1, -0.05) is 211 Å². The molecule has 0 aliphatic carbocycles. The number of benzene rings is 18. The number of hydrogen-bond acceptors (Lipinski definition) is 16. The Balaban J connectivity index is 0.000000184. The van der Waals surface area contributed by atoms with Crippen LogP contribution in [0.1, 0.15) is 50.1 Å². The molecule has 4 N–H and O–H groups in total. The van der Waals surface area contributed by atoms with E-state index < -0.39 is 41.1 Å². The predicted molar refractivity (Wildman–Crippen MR) is 529 cm³/mol. The quantitative estimate of drug-likeness (QED) is 0.0309. The monoisotopic (exact) mass is 1880 g/mol. The molecule has 135 heavy (non-hydrogen) atoms. The lowest BCUT2D eigenvalue weighted by atomic mass is 9.86. The number of sulfone groups is 3. The first-order valence-electron chi connectivity index (χ1n) is 42.3. The fraction of sp³-hybridized carbons (Fsp3) is 0.0175. The summed E-state index contributed by atoms with van der Waals surface area (Å²) in [6.45, 7) is 1.91. The Bertz CT molecular complexity index is 7230. The lowest BCUT2D eigenvalue weighted by Crippen LogP contribution is -2.02. The van der Waals surface area contributed by atoms with Crippen molar-refractivity contribution in [1.29, 1.82) is 0 Å². The lowest BCUT2D eigenvalue weighted by Gasteiger charge is -2.18. The third kappa shape index (κ3) is 24.7. The first kappa shape index (κ1) is 93.9. The van der Waals surface area contributed by atoms with Crippen LogP contribution in [-0.4, -0.2) is 52.8 Å². The molecule has 18 aromatic carbocycles. The van der Waals surface area contributed by atoms with Gasteiger partial charge in [0.25, 0.3) is 0 Å². The van der Waals surface area contributed by atoms with E-state index >= 15 is 0 Å². The van der Waals surface area contributed by atoms with Gasteiger partial charge in [0, 0.05) is 19.6 Å². The van der Waals surface area contributed by atoms with Crippen LogP contribution in [0.3, 0.4) is 0 Å². The molecule has 670 valence electrons. The van der Waals surface area contributed by atoms with Crippen molar-refractivity contribution in [2.24, 2.45) is 0 Å². The topological polar surface area (TPSA) is 220 Å². The van der Waals surface area contributed by atoms with Crippen molar-refractivity contribution < 1.29 is 73.4 Å². The summed E-state index contributed by atoms with van der Waals surface area (Å²) in [5, 5.41) is 37.8. The van der Waals surface area contributed by atoms with Crippen LogP contribution in [0.5, 0.6) is 63.2 Å². The molecule has 0 fully saturated rings. The van der Waals surface area contributed by atoms with Crippen LogP contribution in [0.2, 0.25) is 0 Å². The van der Waals surface area contributed by atoms with E-state index in [1.54, 1.807) is 164 Å². The molecule has 0 bridgehead atoms. The Kier molecular flexibility index (Phi) is 30.6. The minimum atomic E-state index is -3.84. The van der Waals surface area contributed by atoms with E-state index in [1.165, 1.54) is 36.4 Å². The Morgan fingerprint density at radius 2 is 0.385 bits per heavy atom. The molecule has 0 amide bonds. The molecule has 0 radical (unpaired) electrons. The first-order valence-corrected chi connectivity index (χ1v) is 48.4. The average Bonchev–Trinajstić information content (AvgIpc) is 0.787. The number of halogens is 2. The summed E-state index contributed by atoms with van der Waals surface area (Å²) in [7, 11) is -9.52. The number of aryl methyl sites for hydroxylation is 1. The Labute approximate surface area is 791 Å². The van der Waals surface area contributed by atoms with E-state index in [1.807, 2.05) is 213 Å². The number of phenols is 4. The summed E-state index contributed by atoms with van der Waals surface area (Å²) >= 11 is 3.15. The third-order valence-corrected chi connectivity index (χ3v) is 28.5. The van der Waals surface area contributed by atoms with Gasteiger partial charge in [0.2, 0.25) is 29.5 Å². The maximum atomic E-state index is 13.7. The van der Waals surface area contributed by atoms with E-state index in [0.29, 0.717) is 34.5 Å². The van der Waals surface area contributed by atoms with E-state index in [4.69, 9.17) is 29.2 Å². The van der Waals surface area contributed by atoms with Gasteiger partial charge in [-0.05, 0) is 353 Å². The lowest BCUT2D eigenvalue weighted by molar-refractivity contribution is 0.415. The van der Waals surface area contributed by atoms with Crippen LogP contribution in [-0.2, 0) is 29.5 Å². The second-order valence-electron chi connectivity index (χ2n) is 30.4. The van der Waals surface area contributed by atoms with Crippen LogP contribution in [0, 0.1) is 18.6 Å². The number of hydrogen-bond donors (Lipinski definition) is 4. The average molecular weight is 1880 g/mol. The Morgan fingerprint density at radius 1 is 0.215 bits per heavy atom. The highest BCUT2D eigenvalue weighted by Crippen LogP contribution is 2.43. The number of methoxy groups -OCH3 is 1. The standard InChI is InChI=1S/C64H48O8S3.C26H20O2.C12H8F2O2S.C12H10O2S/c1-45-13-37-59(38-14-45)74(65,66)60-39-29-55(30-40-60)71-52-23-33-57(34-24-52)73-58-35-25-53(26-36-58)72-56-31-43-62(44-32-56)75(67,68)61-41-27-54(28-42-61)70-51-21-17-49(18-22-51)64(47-11-7-4-8-12-47)63(46-9-5-3-6-10-46)48-15-19-50(69-2)20-16-48;27-23-15-11-21(12-16-23)25(19-7-3-1-4-8-19)26(20-9-5-2-6-10-20)22-13-17-24(28)18-14-22;13-9-1-5-11(6-2-9)17(15,16)12-7-3-10(14)4-8-12;13-9-1-5-11(6-2-9)15-12-7-3-10(14)4-8-12/h3-44H,1-2H3;1-18,27-28H;1-8H;1-8,13-14H/b64-63-;26-25-;;. The predicted octanol–water partition coefficient (Wildman–Crippen LogP) is 28.4. The molecule has 0 aliphatic heterocycles. The van der Waals surface area contributed by atoms with Gasteiger partial charge in [-0.15, -0.1) is 0 Å². The fourth-order valence-electron chi connectivity index (χ4n) is 14.2. The summed E-state index contributed by atoms with van der Waals surface area (Å²) in [5.74, 6) is 4.10. The minimum absolute atomic E-state index is 0.0227. The summed E-state index contributed by atoms with van der Waals surface area (Å²) < 4.78 is 127. The molecule has 0 aromatic heterocycles. The fourth-order valence-corrected chi connectivity index (χ4v) is 19.6. The molecule has 0 saturated heterocycles. The van der Waals surface area contributed by atoms with Gasteiger partial charge in [-0.25, -0.2) is 34.0 Å². The van der Waals surface area contributed by atoms with E-state index in [2.05, 4.69) is 60.7 Å². The smallest absolute Gasteiger partial charge is 0.206 e. The van der Waals surface area contributed by atoms with E-state index in [9.17, 15) is 44.2 Å². The largest absolute Gasteiger partial charge is 0.508 e. The van der Waals surface area contributed by atoms with Crippen LogP contribution < -0.4 is 18.9 Å². The molecule has 0 atom stereocenters. The van der Waals surface area contributed by atoms with Crippen molar-refractivity contribution in [3.63, 3.8) is 0 Å². The molecule has 21 heteroatoms. The summed E-state index contributed by atoms with van der Waals surface area (Å²) in [6.07, 6.45) is 0. The summed E-state index contributed by atoms with van der Waals surface area (Å²) in [4.78, 5) is 4.76. The molecule has 18 aromatic rings. The van der Waals surface area contributed by atoms with Crippen LogP contribution in [0.25, 0.3) is 22.3 Å². The normalized spacial score (nSPS) is 11.6. The maximum Gasteiger partial charge on any atom is 0.206 e. The van der Waals surface area contributed by atoms with Crippen LogP contribution in [0.4, 0.5) is 8.78 Å². The van der Waals surface area contributed by atoms with Crippen LogP contribution in [0.15, 0.2) is 510 Å². The van der Waals surface area contributed by atoms with Crippen molar-refractivity contribution in [1.82, 2.24) is 0 Å². The van der Waals surface area contributed by atoms with Gasteiger partial charge < -0.3 is 39.4 Å². The third-order valence-electron chi connectivity index (χ3n) is 21.1. The summed E-state index contributed by atoms with van der Waals surface area (Å²) in [5.41, 5.74) is 13.6. The number of phenolic OH excluding ortho intramolecular Hbond substituents is 4. The van der Waals surface area contributed by atoms with Crippen molar-refractivity contribution in [3.8, 4) is 63.2 Å². The number of rotatable bonds is 25. The number of ether oxygens (including phenoxy) is 4. The van der Waals surface area contributed by atoms with Crippen molar-refractivity contribution in [3.05, 3.63) is 523 Å². The second-order valence-corrected chi connectivity index (χ2v) is 38.5. The van der Waals surface area contributed by atoms with Crippen molar-refractivity contribution in [2.75, 3.05) is 7.11 Å². The van der Waals surface area contributed by atoms with Gasteiger partial charge in [-0.3, -0.25) is 0 Å². The Morgan fingerprint density at radius 3 is 0.615 bits per heavy atom. The molecular weight excluding hydrogens is 1790 g/mol. The Hall–Kier alpha value is -15.8. The molecule has 0 aliphatic rings. The van der Waals surface area contributed by atoms with Crippen LogP contribution >= 0.6 is 23.5 Å². The van der Waals surface area contributed by atoms with Crippen molar-refractivity contribution in [2.45, 2.75) is 55.9 Å². The highest BCUT2D eigenvalue weighted by Gasteiger charge is 2.24. The van der Waals surface area contributed by atoms with E-state index in [0.717, 1.165) is 122 Å². The zero-order valence-electron chi connectivity index (χ0n) is 72.5. The summed E-state index contributed by atoms with van der Waals surface area (Å²) in [6, 6.07) is 136. The minimum Gasteiger partial charge on any atom is -0.508 e. The molecule has 0 unspecified atom stereocenters. The van der Waals surface area contributed by atoms with Gasteiger partial charge >= 0.3 is 0 Å². The molecule has 18 rings (SSSR count). The highest BCUT2D eigenvalue weighted by atomic mass is 32.2. The molecule has 0 heterocycles. The maximum absolute atomic E-state index is 13.7. The zero-order valence-corrected chi connectivity index (χ0v) is 76.6. The van der Waals surface area contributed by atoms with Gasteiger partial charge in [0.05, 0.1) is 36.5 Å². The molecular formula is C114H86F2O14S5. The SMILES string of the molecule is COc1ccc(/C(=C(/c2ccccc2)c2ccc(Oc3ccc(S(=O)(=O)c4ccc(Oc5ccc(Sc6ccc(Oc7ccc(S(=O)(=O)c8ccc(C)cc8)cc7)cc6)cc5)cc4)cc3)cc2)c2ccccc2)cc1.O=S(=O)(c1ccc(F)cc1)c1ccc(F)cc1.Oc1ccc(/C(=C(/c2ccccc2)c2ccc(O)cc2)c2ccccc2)cc1.Oc1ccc(Sc2ccc(O)cc2)cc1. The van der Waals surface area contributed by atoms with Gasteiger partial charge in [-0.2, -0.15) is 0 Å². The molecule has 0 saturated carbocycles. The van der Waals surface area contributed by atoms with E-state index in [-0.39, 0.29) is 52.4 Å². The van der Waals surface area contributed by atoms with Gasteiger partial charge in [0.1, 0.15) is 74.9 Å². The second kappa shape index (κ2) is 44.0. The van der Waals surface area contributed by atoms with Crippen molar-refractivity contribution >= 4 is 75.3 Å². The molecule has 0 spiro atoms. The highest BCUT2D eigenvalue weighted by molar-refractivity contribution is 7.99. The zero-order chi connectivity index (χ0) is 94.3.